The smallest absolute Gasteiger partial charge is 0.337 e. The average molecular weight is 327 g/mol. The van der Waals surface area contributed by atoms with Gasteiger partial charge in [0.15, 0.2) is 0 Å². The molecule has 0 bridgehead atoms. The Hall–Kier alpha value is -3.02. The molecule has 1 aliphatic carbocycles. The van der Waals surface area contributed by atoms with Crippen molar-refractivity contribution >= 4 is 23.6 Å². The number of phenolic OH excluding ortho intramolecular Hbond substituents is 1. The summed E-state index contributed by atoms with van der Waals surface area (Å²) in [5.74, 6) is 0.702. The second kappa shape index (κ2) is 6.23. The first-order chi connectivity index (χ1) is 11.4. The fourth-order valence-corrected chi connectivity index (χ4v) is 2.53. The largest absolute Gasteiger partial charge is 0.508 e. The lowest BCUT2D eigenvalue weighted by Crippen LogP contribution is -2.11. The van der Waals surface area contributed by atoms with Crippen LogP contribution in [0.15, 0.2) is 40.8 Å². The second-order valence-electron chi connectivity index (χ2n) is 5.92. The van der Waals surface area contributed by atoms with Crippen LogP contribution in [0.1, 0.15) is 41.1 Å². The number of anilines is 1. The molecule has 1 aromatic heterocycles. The highest BCUT2D eigenvalue weighted by Gasteiger charge is 2.36. The van der Waals surface area contributed by atoms with E-state index in [0.29, 0.717) is 17.6 Å². The molecule has 1 amide bonds. The van der Waals surface area contributed by atoms with Crippen LogP contribution in [0.5, 0.6) is 5.75 Å². The molecule has 3 N–H and O–H groups in total. The van der Waals surface area contributed by atoms with Crippen molar-refractivity contribution in [2.75, 3.05) is 5.32 Å². The van der Waals surface area contributed by atoms with Gasteiger partial charge in [-0.3, -0.25) is 4.79 Å². The number of phenols is 1. The van der Waals surface area contributed by atoms with Gasteiger partial charge in [-0.05, 0) is 48.7 Å². The zero-order chi connectivity index (χ0) is 17.3. The Labute approximate surface area is 138 Å². The molecule has 24 heavy (non-hydrogen) atoms. The summed E-state index contributed by atoms with van der Waals surface area (Å²) >= 11 is 0. The van der Waals surface area contributed by atoms with Crippen LogP contribution in [0.25, 0.3) is 6.08 Å². The minimum Gasteiger partial charge on any atom is -0.508 e. The van der Waals surface area contributed by atoms with Gasteiger partial charge in [-0.2, -0.15) is 0 Å². The van der Waals surface area contributed by atoms with Gasteiger partial charge >= 0.3 is 5.97 Å². The van der Waals surface area contributed by atoms with Gasteiger partial charge in [0, 0.05) is 12.0 Å². The van der Waals surface area contributed by atoms with Crippen molar-refractivity contribution in [3.05, 3.63) is 53.5 Å². The number of aromatic carboxylic acids is 1. The second-order valence-corrected chi connectivity index (χ2v) is 5.92. The van der Waals surface area contributed by atoms with Crippen molar-refractivity contribution in [3.63, 3.8) is 0 Å². The summed E-state index contributed by atoms with van der Waals surface area (Å²) in [7, 11) is 0. The quantitative estimate of drug-likeness (QED) is 0.577. The summed E-state index contributed by atoms with van der Waals surface area (Å²) in [5, 5.41) is 20.9. The van der Waals surface area contributed by atoms with Crippen LogP contribution in [-0.4, -0.2) is 22.1 Å². The molecule has 3 rings (SSSR count). The molecule has 2 atom stereocenters. The standard InChI is InChI=1S/C18H17NO5/c1-10-8-13(10)16-6-3-12(24-16)4-7-17(21)19-15-5-2-11(20)9-14(15)18(22)23/h2-7,9-10,13,20H,8H2,1H3,(H,19,21)(H,22,23). The molecule has 1 fully saturated rings. The van der Waals surface area contributed by atoms with Crippen LogP contribution in [0.3, 0.4) is 0 Å². The molecule has 1 heterocycles. The van der Waals surface area contributed by atoms with E-state index in [0.717, 1.165) is 18.2 Å². The maximum absolute atomic E-state index is 12.0. The fraction of sp³-hybridized carbons (Fsp3) is 0.222. The van der Waals surface area contributed by atoms with Crippen molar-refractivity contribution in [1.29, 1.82) is 0 Å². The highest BCUT2D eigenvalue weighted by molar-refractivity contribution is 6.06. The van der Waals surface area contributed by atoms with E-state index in [4.69, 9.17) is 9.52 Å². The summed E-state index contributed by atoms with van der Waals surface area (Å²) in [5.41, 5.74) is -0.0679. The van der Waals surface area contributed by atoms with Gasteiger partial charge in [0.05, 0.1) is 11.3 Å². The highest BCUT2D eigenvalue weighted by Crippen LogP contribution is 2.47. The van der Waals surface area contributed by atoms with Gasteiger partial charge in [-0.25, -0.2) is 4.79 Å². The van der Waals surface area contributed by atoms with Gasteiger partial charge in [0.25, 0.3) is 0 Å². The third-order valence-corrected chi connectivity index (χ3v) is 4.01. The molecular formula is C18H17NO5. The Morgan fingerprint density at radius 3 is 2.71 bits per heavy atom. The van der Waals surface area contributed by atoms with E-state index in [-0.39, 0.29) is 17.0 Å². The molecule has 124 valence electrons. The van der Waals surface area contributed by atoms with E-state index >= 15 is 0 Å². The van der Waals surface area contributed by atoms with E-state index < -0.39 is 11.9 Å². The van der Waals surface area contributed by atoms with Crippen LogP contribution >= 0.6 is 0 Å². The Kier molecular flexibility index (Phi) is 4.12. The van der Waals surface area contributed by atoms with Crippen LogP contribution in [-0.2, 0) is 4.79 Å². The van der Waals surface area contributed by atoms with Gasteiger partial charge in [-0.15, -0.1) is 0 Å². The van der Waals surface area contributed by atoms with Crippen LogP contribution < -0.4 is 5.32 Å². The number of rotatable bonds is 5. The number of carboxylic acids is 1. The fourth-order valence-electron chi connectivity index (χ4n) is 2.53. The van der Waals surface area contributed by atoms with E-state index in [2.05, 4.69) is 12.2 Å². The lowest BCUT2D eigenvalue weighted by atomic mass is 10.1. The normalized spacial score (nSPS) is 19.4. The minimum atomic E-state index is -1.24. The predicted octanol–water partition coefficient (Wildman–Crippen LogP) is 3.46. The number of benzene rings is 1. The Morgan fingerprint density at radius 2 is 2.04 bits per heavy atom. The topological polar surface area (TPSA) is 99.8 Å². The maximum atomic E-state index is 12.0. The van der Waals surface area contributed by atoms with E-state index in [1.165, 1.54) is 24.3 Å². The molecule has 0 aliphatic heterocycles. The summed E-state index contributed by atoms with van der Waals surface area (Å²) < 4.78 is 5.66. The number of amides is 1. The molecule has 2 aromatic rings. The third kappa shape index (κ3) is 3.48. The van der Waals surface area contributed by atoms with Crippen molar-refractivity contribution in [3.8, 4) is 5.75 Å². The number of carbonyl (C=O) groups is 2. The van der Waals surface area contributed by atoms with Gasteiger partial charge in [0.1, 0.15) is 17.3 Å². The molecule has 0 spiro atoms. The number of carbonyl (C=O) groups excluding carboxylic acids is 1. The lowest BCUT2D eigenvalue weighted by molar-refractivity contribution is -0.111. The first-order valence-electron chi connectivity index (χ1n) is 7.59. The van der Waals surface area contributed by atoms with E-state index in [1.807, 2.05) is 6.07 Å². The summed E-state index contributed by atoms with van der Waals surface area (Å²) in [6.45, 7) is 2.16. The number of aromatic hydroxyl groups is 1. The van der Waals surface area contributed by atoms with Crippen LogP contribution in [0.4, 0.5) is 5.69 Å². The molecule has 2 unspecified atom stereocenters. The SMILES string of the molecule is CC1CC1c1ccc(C=CC(=O)Nc2ccc(O)cc2C(=O)O)o1. The number of carboxylic acid groups (broad SMARTS) is 1. The summed E-state index contributed by atoms with van der Waals surface area (Å²) in [6, 6.07) is 7.43. The van der Waals surface area contributed by atoms with Crippen LogP contribution in [0.2, 0.25) is 0 Å². The van der Waals surface area contributed by atoms with Crippen molar-refractivity contribution < 1.29 is 24.2 Å². The zero-order valence-electron chi connectivity index (χ0n) is 13.0. The third-order valence-electron chi connectivity index (χ3n) is 4.01. The lowest BCUT2D eigenvalue weighted by Gasteiger charge is -2.06. The van der Waals surface area contributed by atoms with Gasteiger partial charge in [0.2, 0.25) is 5.91 Å². The number of hydrogen-bond donors (Lipinski definition) is 3. The molecule has 1 saturated carbocycles. The van der Waals surface area contributed by atoms with Crippen molar-refractivity contribution in [2.45, 2.75) is 19.3 Å². The average Bonchev–Trinajstić information content (AvgIpc) is 3.08. The molecule has 0 saturated heterocycles. The Bertz CT molecular complexity index is 821. The first kappa shape index (κ1) is 15.9. The first-order valence-corrected chi connectivity index (χ1v) is 7.59. The zero-order valence-corrected chi connectivity index (χ0v) is 13.0. The monoisotopic (exact) mass is 327 g/mol. The van der Waals surface area contributed by atoms with Gasteiger partial charge in [-0.1, -0.05) is 6.92 Å². The van der Waals surface area contributed by atoms with Crippen molar-refractivity contribution in [1.82, 2.24) is 0 Å². The molecule has 6 nitrogen and oxygen atoms in total. The molecule has 0 radical (unpaired) electrons. The minimum absolute atomic E-state index is 0.113. The predicted molar refractivity (Wildman–Crippen MR) is 88.0 cm³/mol. The Balaban J connectivity index is 1.67. The number of nitrogens with one attached hydrogen (secondary N) is 1. The van der Waals surface area contributed by atoms with Gasteiger partial charge < -0.3 is 19.9 Å². The number of furan rings is 1. The summed E-state index contributed by atoms with van der Waals surface area (Å²) in [6.07, 6.45) is 3.93. The maximum Gasteiger partial charge on any atom is 0.337 e. The van der Waals surface area contributed by atoms with E-state index in [9.17, 15) is 14.7 Å². The highest BCUT2D eigenvalue weighted by atomic mass is 16.4. The van der Waals surface area contributed by atoms with Crippen LogP contribution in [0, 0.1) is 5.92 Å². The molecule has 6 heteroatoms. The molecular weight excluding hydrogens is 310 g/mol. The van der Waals surface area contributed by atoms with E-state index in [1.54, 1.807) is 6.07 Å². The molecule has 1 aliphatic rings. The summed E-state index contributed by atoms with van der Waals surface area (Å²) in [4.78, 5) is 23.1. The molecule has 1 aromatic carbocycles. The number of hydrogen-bond acceptors (Lipinski definition) is 4. The Morgan fingerprint density at radius 1 is 1.29 bits per heavy atom. The van der Waals surface area contributed by atoms with Crippen molar-refractivity contribution in [2.24, 2.45) is 5.92 Å².